The molecule has 26 heteroatoms. The lowest BCUT2D eigenvalue weighted by atomic mass is 9.96. The fraction of sp³-hybridized carbons (Fsp3) is 0.500. The van der Waals surface area contributed by atoms with Gasteiger partial charge in [0.05, 0.1) is 12.2 Å². The van der Waals surface area contributed by atoms with Crippen LogP contribution in [0.1, 0.15) is 83.4 Å². The predicted octanol–water partition coefficient (Wildman–Crippen LogP) is -2.45. The number of carbonyl (C=O) groups is 10. The molecule has 9 amide bonds. The number of nitrogens with zero attached hydrogens (tertiary/aromatic N) is 2. The molecule has 3 aromatic carbocycles. The van der Waals surface area contributed by atoms with Crippen molar-refractivity contribution in [2.75, 3.05) is 7.05 Å². The molecule has 2 heterocycles. The van der Waals surface area contributed by atoms with Crippen LogP contribution in [0.3, 0.4) is 0 Å². The Hall–Kier alpha value is -8.20. The van der Waals surface area contributed by atoms with Crippen molar-refractivity contribution >= 4 is 59.1 Å². The summed E-state index contributed by atoms with van der Waals surface area (Å²) in [5.41, 5.74) is 6.76. The van der Waals surface area contributed by atoms with Gasteiger partial charge in [0.15, 0.2) is 0 Å². The number of rotatable bonds is 19. The Morgan fingerprint density at radius 3 is 1.90 bits per heavy atom. The fourth-order valence-corrected chi connectivity index (χ4v) is 9.45. The Labute approximate surface area is 473 Å². The van der Waals surface area contributed by atoms with Gasteiger partial charge in [0.1, 0.15) is 78.3 Å². The zero-order valence-corrected chi connectivity index (χ0v) is 46.4. The average Bonchev–Trinajstić information content (AvgIpc) is 3.52. The number of ether oxygens (including phenoxy) is 1. The first-order valence-electron chi connectivity index (χ1n) is 26.9. The molecule has 82 heavy (non-hydrogen) atoms. The van der Waals surface area contributed by atoms with Gasteiger partial charge in [-0.1, -0.05) is 74.9 Å². The number of fused-ring (bicyclic) bond motifs is 2. The number of phenolic OH excluding ortho intramolecular Hbond substituents is 2. The van der Waals surface area contributed by atoms with Crippen LogP contribution in [0.15, 0.2) is 78.9 Å². The minimum absolute atomic E-state index is 0.0759. The van der Waals surface area contributed by atoms with Crippen LogP contribution in [0.2, 0.25) is 0 Å². The number of phenols is 2. The van der Waals surface area contributed by atoms with Gasteiger partial charge in [0.25, 0.3) is 0 Å². The summed E-state index contributed by atoms with van der Waals surface area (Å²) in [6, 6.07) is 5.69. The molecule has 5 rings (SSSR count). The number of aromatic hydroxyl groups is 2. The maximum atomic E-state index is 14.9. The zero-order chi connectivity index (χ0) is 60.7. The molecule has 14 atom stereocenters. The third-order valence-corrected chi connectivity index (χ3v) is 14.5. The Bertz CT molecular complexity index is 2750. The monoisotopic (exact) mass is 1150 g/mol. The Kier molecular flexibility index (Phi) is 23.2. The molecule has 14 unspecified atom stereocenters. The zero-order valence-electron chi connectivity index (χ0n) is 46.4. The normalized spacial score (nSPS) is 24.5. The van der Waals surface area contributed by atoms with Crippen molar-refractivity contribution in [1.82, 2.24) is 41.7 Å². The topological polar surface area (TPSA) is 406 Å². The first-order valence-corrected chi connectivity index (χ1v) is 26.9. The molecule has 2 bridgehead atoms. The van der Waals surface area contributed by atoms with E-state index in [-0.39, 0.29) is 50.0 Å². The molecule has 0 spiro atoms. The minimum Gasteiger partial charge on any atom is -0.508 e. The summed E-state index contributed by atoms with van der Waals surface area (Å²) in [6.07, 6.45) is -10.7. The Morgan fingerprint density at radius 1 is 0.732 bits per heavy atom. The smallest absolute Gasteiger partial charge is 0.329 e. The number of amides is 9. The van der Waals surface area contributed by atoms with Gasteiger partial charge in [-0.2, -0.15) is 0 Å². The lowest BCUT2D eigenvalue weighted by molar-refractivity contribution is -0.170. The van der Waals surface area contributed by atoms with E-state index in [0.29, 0.717) is 16.7 Å². The summed E-state index contributed by atoms with van der Waals surface area (Å²) in [5.74, 6) is -11.8. The number of esters is 1. The molecular weight excluding hydrogens is 1070 g/mol. The SMILES string of the molecule is CCC(C)C1NC(=O)C(Cc2ccccc2)N(C)C(=O)C(C(C)O)N2C(=O)C(CCC2O)NC(=O)C(Cc2ccc(O)cc2)NC(=O)C(NC(=O)C(CCC(N)=O)NC(=O)C(NC(=O)C(O)Cc2ccc(O)cc2)C(C)O)C(C)OC1=O. The van der Waals surface area contributed by atoms with Crippen LogP contribution in [0.4, 0.5) is 0 Å². The molecule has 26 nitrogen and oxygen atoms in total. The average molecular weight is 1150 g/mol. The molecule has 0 aliphatic carbocycles. The summed E-state index contributed by atoms with van der Waals surface area (Å²) in [7, 11) is 1.25. The third kappa shape index (κ3) is 17.4. The first kappa shape index (κ1) is 64.6. The number of benzene rings is 3. The van der Waals surface area contributed by atoms with Gasteiger partial charge < -0.3 is 82.8 Å². The standard InChI is InChI=1S/C56H75N9O17/c1-7-28(2)44-56(81)82-31(5)46(63-48(73)37(21-23-42(57)71)58-52(77)45(29(3)66)62-51(76)41(70)27-34-15-19-36(69)20-16-34)53(78)60-39(25-33-13-17-35(68)18-14-33)49(74)59-38-22-24-43(72)65(54(38)79)47(30(4)67)55(80)64(6)40(50(75)61-44)26-32-11-9-8-10-12-32/h8-20,28-31,37-41,43-47,66-70,72H,7,21-27H2,1-6H3,(H2,57,71)(H,58,77)(H,59,74)(H,60,78)(H,61,75)(H,62,76)(H,63,73). The van der Waals surface area contributed by atoms with E-state index in [9.17, 15) is 78.6 Å². The van der Waals surface area contributed by atoms with Crippen molar-refractivity contribution < 1.29 is 83.3 Å². The number of aliphatic hydroxyl groups is 4. The number of cyclic esters (lactones) is 1. The Balaban J connectivity index is 1.59. The summed E-state index contributed by atoms with van der Waals surface area (Å²) >= 11 is 0. The molecule has 2 saturated heterocycles. The highest BCUT2D eigenvalue weighted by molar-refractivity contribution is 5.99. The molecule has 0 aromatic heterocycles. The van der Waals surface area contributed by atoms with Crippen molar-refractivity contribution in [2.45, 2.75) is 165 Å². The van der Waals surface area contributed by atoms with Crippen LogP contribution in [0.25, 0.3) is 0 Å². The summed E-state index contributed by atoms with van der Waals surface area (Å²) in [4.78, 5) is 144. The van der Waals surface area contributed by atoms with Gasteiger partial charge >= 0.3 is 5.97 Å². The van der Waals surface area contributed by atoms with Crippen LogP contribution in [-0.2, 0) is 71.9 Å². The van der Waals surface area contributed by atoms with Crippen molar-refractivity contribution in [3.63, 3.8) is 0 Å². The van der Waals surface area contributed by atoms with E-state index >= 15 is 0 Å². The summed E-state index contributed by atoms with van der Waals surface area (Å²) < 4.78 is 5.92. The van der Waals surface area contributed by atoms with Crippen LogP contribution in [0, 0.1) is 5.92 Å². The quantitative estimate of drug-likeness (QED) is 0.0554. The van der Waals surface area contributed by atoms with Crippen LogP contribution >= 0.6 is 0 Å². The number of hydrogen-bond donors (Lipinski definition) is 13. The number of nitrogens with two attached hydrogens (primary N) is 1. The molecular formula is C56H75N9O17. The molecule has 14 N–H and O–H groups in total. The summed E-state index contributed by atoms with van der Waals surface area (Å²) in [5, 5.41) is 78.5. The van der Waals surface area contributed by atoms with Crippen molar-refractivity contribution in [3.8, 4) is 11.5 Å². The molecule has 2 aliphatic heterocycles. The van der Waals surface area contributed by atoms with E-state index < -0.39 is 157 Å². The van der Waals surface area contributed by atoms with Crippen LogP contribution in [0.5, 0.6) is 11.5 Å². The van der Waals surface area contributed by atoms with E-state index in [1.165, 1.54) is 69.4 Å². The van der Waals surface area contributed by atoms with Crippen molar-refractivity contribution in [1.29, 1.82) is 0 Å². The van der Waals surface area contributed by atoms with Gasteiger partial charge in [-0.15, -0.1) is 0 Å². The second-order valence-corrected chi connectivity index (χ2v) is 20.8. The van der Waals surface area contributed by atoms with Gasteiger partial charge in [0.2, 0.25) is 53.2 Å². The van der Waals surface area contributed by atoms with E-state index in [2.05, 4.69) is 31.9 Å². The second kappa shape index (κ2) is 29.5. The van der Waals surface area contributed by atoms with Crippen molar-refractivity contribution in [3.05, 3.63) is 95.6 Å². The van der Waals surface area contributed by atoms with E-state index in [4.69, 9.17) is 10.5 Å². The highest BCUT2D eigenvalue weighted by Gasteiger charge is 2.47. The summed E-state index contributed by atoms with van der Waals surface area (Å²) in [6.45, 7) is 6.81. The lowest BCUT2D eigenvalue weighted by Crippen LogP contribution is -2.67. The number of likely N-dealkylation sites (N-methyl/N-ethyl adjacent to an activating group) is 1. The molecule has 0 radical (unpaired) electrons. The number of carbonyl (C=O) groups excluding carboxylic acids is 10. The molecule has 0 saturated carbocycles. The van der Waals surface area contributed by atoms with Gasteiger partial charge in [0, 0.05) is 32.7 Å². The maximum Gasteiger partial charge on any atom is 0.329 e. The van der Waals surface area contributed by atoms with E-state index in [0.717, 1.165) is 16.7 Å². The maximum absolute atomic E-state index is 14.9. The number of primary amides is 1. The second-order valence-electron chi connectivity index (χ2n) is 20.8. The largest absolute Gasteiger partial charge is 0.508 e. The van der Waals surface area contributed by atoms with Crippen LogP contribution < -0.4 is 37.6 Å². The van der Waals surface area contributed by atoms with Gasteiger partial charge in [-0.25, -0.2) is 4.79 Å². The molecule has 446 valence electrons. The molecule has 2 aliphatic rings. The lowest BCUT2D eigenvalue weighted by Gasteiger charge is -2.43. The number of aliphatic hydroxyl groups excluding tert-OH is 4. The number of piperidine rings is 1. The Morgan fingerprint density at radius 2 is 1.33 bits per heavy atom. The molecule has 3 aromatic rings. The van der Waals surface area contributed by atoms with Crippen molar-refractivity contribution in [2.24, 2.45) is 11.7 Å². The number of hydrogen-bond acceptors (Lipinski definition) is 17. The highest BCUT2D eigenvalue weighted by Crippen LogP contribution is 2.25. The van der Waals surface area contributed by atoms with Gasteiger partial charge in [-0.3, -0.25) is 43.2 Å². The third-order valence-electron chi connectivity index (χ3n) is 14.5. The minimum atomic E-state index is -2.03. The first-order chi connectivity index (χ1) is 38.7. The molecule has 2 fully saturated rings. The van der Waals surface area contributed by atoms with Gasteiger partial charge in [-0.05, 0) is 86.9 Å². The van der Waals surface area contributed by atoms with E-state index in [1.807, 2.05) is 0 Å². The van der Waals surface area contributed by atoms with E-state index in [1.54, 1.807) is 44.2 Å². The fourth-order valence-electron chi connectivity index (χ4n) is 9.45. The predicted molar refractivity (Wildman–Crippen MR) is 291 cm³/mol. The highest BCUT2D eigenvalue weighted by atomic mass is 16.5. The van der Waals surface area contributed by atoms with Crippen LogP contribution in [-0.4, -0.2) is 186 Å². The number of nitrogens with one attached hydrogen (secondary N) is 6.